The van der Waals surface area contributed by atoms with Crippen LogP contribution in [0.3, 0.4) is 0 Å². The summed E-state index contributed by atoms with van der Waals surface area (Å²) in [6, 6.07) is 1.93. The Morgan fingerprint density at radius 3 is 2.70 bits per heavy atom. The fraction of sp³-hybridized carbons (Fsp3) is 0.737. The topological polar surface area (TPSA) is 61.8 Å². The second kappa shape index (κ2) is 9.21. The highest BCUT2D eigenvalue weighted by Gasteiger charge is 2.41. The summed E-state index contributed by atoms with van der Waals surface area (Å²) in [5, 5.41) is 0.988. The zero-order valence-electron chi connectivity index (χ0n) is 16.7. The van der Waals surface area contributed by atoms with Crippen molar-refractivity contribution in [3.05, 3.63) is 12.3 Å². The Bertz CT molecular complexity index is 632. The first-order chi connectivity index (χ1) is 13.1. The van der Waals surface area contributed by atoms with Gasteiger partial charge in [0, 0.05) is 32.4 Å². The van der Waals surface area contributed by atoms with Crippen LogP contribution in [0.1, 0.15) is 26.7 Å². The van der Waals surface area contributed by atoms with Gasteiger partial charge >= 0.3 is 0 Å². The molecule has 0 aliphatic carbocycles. The molecule has 0 N–H and O–H groups in total. The van der Waals surface area contributed by atoms with Gasteiger partial charge in [-0.25, -0.2) is 9.97 Å². The van der Waals surface area contributed by atoms with E-state index < -0.39 is 0 Å². The highest BCUT2D eigenvalue weighted by atomic mass is 32.2. The quantitative estimate of drug-likeness (QED) is 0.539. The van der Waals surface area contributed by atoms with Gasteiger partial charge in [0.25, 0.3) is 0 Å². The van der Waals surface area contributed by atoms with E-state index in [0.29, 0.717) is 26.2 Å². The van der Waals surface area contributed by atoms with Crippen molar-refractivity contribution >= 4 is 23.6 Å². The van der Waals surface area contributed by atoms with E-state index in [9.17, 15) is 4.79 Å². The maximum atomic E-state index is 12.7. The number of carbonyl (C=O) groups is 1. The number of rotatable bonds is 6. The molecular weight excluding hydrogens is 362 g/mol. The minimum absolute atomic E-state index is 0.217. The smallest absolute Gasteiger partial charge is 0.236 e. The predicted molar refractivity (Wildman–Crippen MR) is 108 cm³/mol. The number of hydrogen-bond donors (Lipinski definition) is 0. The highest BCUT2D eigenvalue weighted by molar-refractivity contribution is 7.98. The summed E-state index contributed by atoms with van der Waals surface area (Å²) in [7, 11) is 0. The summed E-state index contributed by atoms with van der Waals surface area (Å²) in [6.45, 7) is 10.3. The fourth-order valence-electron chi connectivity index (χ4n) is 3.81. The van der Waals surface area contributed by atoms with Crippen LogP contribution >= 0.6 is 11.8 Å². The normalized spacial score (nSPS) is 19.7. The molecule has 0 radical (unpaired) electrons. The Morgan fingerprint density at radius 1 is 1.30 bits per heavy atom. The van der Waals surface area contributed by atoms with Crippen molar-refractivity contribution in [1.29, 1.82) is 0 Å². The first-order valence-electron chi connectivity index (χ1n) is 9.85. The van der Waals surface area contributed by atoms with Crippen molar-refractivity contribution in [2.45, 2.75) is 37.3 Å². The number of hydrogen-bond acceptors (Lipinski definition) is 7. The SMILES string of the molecule is CCN(CC)CC(=O)N1CCOC2(CCN(c3nccc(SC)n3)CC2)C1. The van der Waals surface area contributed by atoms with Gasteiger partial charge in [-0.1, -0.05) is 13.8 Å². The molecule has 0 aromatic carbocycles. The van der Waals surface area contributed by atoms with Crippen LogP contribution in [0.15, 0.2) is 17.3 Å². The second-order valence-corrected chi connectivity index (χ2v) is 8.02. The molecule has 2 aliphatic heterocycles. The van der Waals surface area contributed by atoms with Gasteiger partial charge in [-0.05, 0) is 38.3 Å². The molecule has 3 rings (SSSR count). The summed E-state index contributed by atoms with van der Waals surface area (Å²) >= 11 is 1.63. The third kappa shape index (κ3) is 4.92. The number of aromatic nitrogens is 2. The minimum atomic E-state index is -0.217. The molecule has 3 heterocycles. The van der Waals surface area contributed by atoms with Crippen molar-refractivity contribution < 1.29 is 9.53 Å². The number of piperidine rings is 1. The zero-order valence-corrected chi connectivity index (χ0v) is 17.5. The van der Waals surface area contributed by atoms with E-state index in [-0.39, 0.29) is 11.5 Å². The van der Waals surface area contributed by atoms with Gasteiger partial charge in [-0.15, -0.1) is 11.8 Å². The fourth-order valence-corrected chi connectivity index (χ4v) is 4.18. The van der Waals surface area contributed by atoms with Crippen molar-refractivity contribution in [1.82, 2.24) is 19.8 Å². The number of thioether (sulfide) groups is 1. The number of amides is 1. The molecular formula is C19H31N5O2S. The lowest BCUT2D eigenvalue weighted by Gasteiger charge is -2.47. The Hall–Kier alpha value is -1.38. The monoisotopic (exact) mass is 393 g/mol. The van der Waals surface area contributed by atoms with Crippen LogP contribution in [-0.2, 0) is 9.53 Å². The standard InChI is InChI=1S/C19H31N5O2S/c1-4-22(5-2)14-17(25)24-12-13-26-19(15-24)7-10-23(11-8-19)18-20-9-6-16(21-18)27-3/h6,9H,4-5,7-8,10-15H2,1-3H3. The summed E-state index contributed by atoms with van der Waals surface area (Å²) in [5.74, 6) is 1.02. The lowest BCUT2D eigenvalue weighted by Crippen LogP contribution is -2.59. The lowest BCUT2D eigenvalue weighted by atomic mass is 9.89. The number of likely N-dealkylation sites (N-methyl/N-ethyl adjacent to an activating group) is 1. The minimum Gasteiger partial charge on any atom is -0.371 e. The van der Waals surface area contributed by atoms with Crippen LogP contribution in [0.4, 0.5) is 5.95 Å². The first-order valence-corrected chi connectivity index (χ1v) is 11.1. The van der Waals surface area contributed by atoms with Crippen molar-refractivity contribution in [3.63, 3.8) is 0 Å². The Kier molecular flexibility index (Phi) is 6.94. The zero-order chi connectivity index (χ0) is 19.3. The van der Waals surface area contributed by atoms with Crippen LogP contribution < -0.4 is 4.90 Å². The summed E-state index contributed by atoms with van der Waals surface area (Å²) in [5.41, 5.74) is -0.217. The van der Waals surface area contributed by atoms with E-state index in [1.807, 2.05) is 23.4 Å². The molecule has 1 amide bonds. The predicted octanol–water partition coefficient (Wildman–Crippen LogP) is 1.74. The molecule has 150 valence electrons. The van der Waals surface area contributed by atoms with E-state index in [1.165, 1.54) is 0 Å². The molecule has 2 aliphatic rings. The Balaban J connectivity index is 1.59. The number of ether oxygens (including phenoxy) is 1. The molecule has 7 nitrogen and oxygen atoms in total. The van der Waals surface area contributed by atoms with Gasteiger partial charge < -0.3 is 14.5 Å². The molecule has 1 aromatic heterocycles. The van der Waals surface area contributed by atoms with E-state index >= 15 is 0 Å². The van der Waals surface area contributed by atoms with Crippen molar-refractivity contribution in [2.75, 3.05) is 63.6 Å². The van der Waals surface area contributed by atoms with E-state index in [0.717, 1.165) is 50.0 Å². The van der Waals surface area contributed by atoms with Gasteiger partial charge in [0.1, 0.15) is 5.03 Å². The van der Waals surface area contributed by atoms with Crippen LogP contribution in [0.5, 0.6) is 0 Å². The van der Waals surface area contributed by atoms with Gasteiger partial charge in [-0.2, -0.15) is 0 Å². The number of carbonyl (C=O) groups excluding carboxylic acids is 1. The molecule has 2 fully saturated rings. The van der Waals surface area contributed by atoms with Gasteiger partial charge in [-0.3, -0.25) is 9.69 Å². The van der Waals surface area contributed by atoms with Crippen LogP contribution in [0, 0.1) is 0 Å². The molecule has 27 heavy (non-hydrogen) atoms. The third-order valence-corrected chi connectivity index (χ3v) is 6.28. The summed E-state index contributed by atoms with van der Waals surface area (Å²) in [6.07, 6.45) is 5.64. The maximum absolute atomic E-state index is 12.7. The summed E-state index contributed by atoms with van der Waals surface area (Å²) in [4.78, 5) is 28.1. The third-order valence-electron chi connectivity index (χ3n) is 5.64. The van der Waals surface area contributed by atoms with Crippen molar-refractivity contribution in [3.8, 4) is 0 Å². The maximum Gasteiger partial charge on any atom is 0.236 e. The first kappa shape index (κ1) is 20.4. The molecule has 1 spiro atoms. The van der Waals surface area contributed by atoms with Crippen LogP contribution in [-0.4, -0.2) is 90.0 Å². The Labute approximate surface area is 166 Å². The molecule has 8 heteroatoms. The number of anilines is 1. The number of nitrogens with zero attached hydrogens (tertiary/aromatic N) is 5. The molecule has 0 unspecified atom stereocenters. The van der Waals surface area contributed by atoms with Gasteiger partial charge in [0.05, 0.1) is 18.8 Å². The average molecular weight is 394 g/mol. The van der Waals surface area contributed by atoms with Crippen LogP contribution in [0.2, 0.25) is 0 Å². The van der Waals surface area contributed by atoms with E-state index in [4.69, 9.17) is 4.74 Å². The molecule has 1 aromatic rings. The van der Waals surface area contributed by atoms with Gasteiger partial charge in [0.15, 0.2) is 0 Å². The van der Waals surface area contributed by atoms with Gasteiger partial charge in [0.2, 0.25) is 11.9 Å². The highest BCUT2D eigenvalue weighted by Crippen LogP contribution is 2.31. The molecule has 2 saturated heterocycles. The second-order valence-electron chi connectivity index (χ2n) is 7.19. The van der Waals surface area contributed by atoms with Crippen molar-refractivity contribution in [2.24, 2.45) is 0 Å². The van der Waals surface area contributed by atoms with E-state index in [1.54, 1.807) is 11.8 Å². The molecule has 0 bridgehead atoms. The van der Waals surface area contributed by atoms with E-state index in [2.05, 4.69) is 33.6 Å². The molecule has 0 saturated carbocycles. The average Bonchev–Trinajstić information content (AvgIpc) is 2.72. The van der Waals surface area contributed by atoms with Crippen LogP contribution in [0.25, 0.3) is 0 Å². The molecule has 0 atom stereocenters. The lowest BCUT2D eigenvalue weighted by molar-refractivity contribution is -0.155. The number of morpholine rings is 1. The largest absolute Gasteiger partial charge is 0.371 e. The summed E-state index contributed by atoms with van der Waals surface area (Å²) < 4.78 is 6.19. The Morgan fingerprint density at radius 2 is 2.04 bits per heavy atom.